The van der Waals surface area contributed by atoms with Crippen LogP contribution >= 0.6 is 7.92 Å². The lowest BCUT2D eigenvalue weighted by Gasteiger charge is -2.40. The number of hydrogen-bond acceptors (Lipinski definition) is 3. The van der Waals surface area contributed by atoms with Crippen LogP contribution < -0.4 is 10.6 Å². The van der Waals surface area contributed by atoms with Crippen LogP contribution in [0.5, 0.6) is 0 Å². The molecular weight excluding hydrogens is 535 g/mol. The maximum atomic E-state index is 14.2. The van der Waals surface area contributed by atoms with Crippen molar-refractivity contribution >= 4 is 24.5 Å². The summed E-state index contributed by atoms with van der Waals surface area (Å²) in [5.74, 6) is 1.87. The largest absolute Gasteiger partial charge is 0.457 e. The van der Waals surface area contributed by atoms with Crippen molar-refractivity contribution in [2.45, 2.75) is 95.7 Å². The van der Waals surface area contributed by atoms with Gasteiger partial charge in [0.25, 0.3) is 0 Å². The highest BCUT2D eigenvalue weighted by Crippen LogP contribution is 2.56. The summed E-state index contributed by atoms with van der Waals surface area (Å²) in [5.41, 5.74) is 2.24. The first kappa shape index (κ1) is 30.1. The molecule has 4 aliphatic rings. The zero-order valence-electron chi connectivity index (χ0n) is 24.9. The number of rotatable bonds is 8. The lowest BCUT2D eigenvalue weighted by Crippen LogP contribution is -2.40. The molecule has 0 spiro atoms. The van der Waals surface area contributed by atoms with Crippen molar-refractivity contribution in [2.75, 3.05) is 0 Å². The second kappa shape index (κ2) is 14.7. The van der Waals surface area contributed by atoms with Crippen LogP contribution in [0, 0.1) is 48.6 Å². The highest BCUT2D eigenvalue weighted by Gasteiger charge is 2.45. The Morgan fingerprint density at radius 2 is 1.45 bits per heavy atom. The molecule has 3 atom stereocenters. The molecule has 4 heteroatoms. The smallest absolute Gasteiger partial charge is 0.315 e. The number of allylic oxidation sites excluding steroid dienone is 1. The van der Waals surface area contributed by atoms with E-state index in [2.05, 4.69) is 61.0 Å². The second-order valence-electron chi connectivity index (χ2n) is 12.9. The fourth-order valence-corrected chi connectivity index (χ4v) is 10.2. The minimum Gasteiger partial charge on any atom is -0.457 e. The Morgan fingerprint density at radius 1 is 0.833 bits per heavy atom. The second-order valence-corrected chi connectivity index (χ2v) is 15.1. The molecule has 221 valence electrons. The molecule has 0 aromatic heterocycles. The van der Waals surface area contributed by atoms with Crippen molar-refractivity contribution in [2.24, 2.45) is 17.8 Å². The quantitative estimate of drug-likeness (QED) is 0.195. The first-order chi connectivity index (χ1) is 20.7. The Balaban J connectivity index is 1.26. The van der Waals surface area contributed by atoms with Gasteiger partial charge in [0.15, 0.2) is 0 Å². The predicted molar refractivity (Wildman–Crippen MR) is 173 cm³/mol. The van der Waals surface area contributed by atoms with Crippen molar-refractivity contribution < 1.29 is 14.6 Å². The topological polar surface area (TPSA) is 46.5 Å². The summed E-state index contributed by atoms with van der Waals surface area (Å²) in [6.45, 7) is 0. The lowest BCUT2D eigenvalue weighted by atomic mass is 9.72. The first-order valence-corrected chi connectivity index (χ1v) is 17.8. The third-order valence-electron chi connectivity index (χ3n) is 9.82. The van der Waals surface area contributed by atoms with E-state index in [1.54, 1.807) is 0 Å². The number of esters is 1. The van der Waals surface area contributed by atoms with Gasteiger partial charge in [-0.05, 0) is 87.3 Å². The SMILES string of the molecule is O=C(O[C@H]1/C(=C/C2CCCCC2)C[C@@H](O)C[C@@H]1CC1CCCCC1)[C]1[CH][CH][CH][C]1P(c1ccccc1)c1ccccc1. The Labute approximate surface area is 255 Å². The maximum Gasteiger partial charge on any atom is 0.315 e. The Hall–Kier alpha value is -1.96. The number of benzene rings is 2. The minimum atomic E-state index is -0.898. The summed E-state index contributed by atoms with van der Waals surface area (Å²) in [7, 11) is -0.898. The fourth-order valence-electron chi connectivity index (χ4n) is 7.79. The average Bonchev–Trinajstić information content (AvgIpc) is 3.51. The van der Waals surface area contributed by atoms with E-state index in [0.717, 1.165) is 18.5 Å². The first-order valence-electron chi connectivity index (χ1n) is 16.4. The van der Waals surface area contributed by atoms with Gasteiger partial charge < -0.3 is 9.84 Å². The number of carbonyl (C=O) groups excluding carboxylic acids is 1. The van der Waals surface area contributed by atoms with E-state index in [-0.39, 0.29) is 24.1 Å². The van der Waals surface area contributed by atoms with Crippen LogP contribution in [-0.2, 0) is 9.53 Å². The van der Waals surface area contributed by atoms with E-state index >= 15 is 0 Å². The molecular formula is C38H46O3P. The summed E-state index contributed by atoms with van der Waals surface area (Å²) < 4.78 is 6.65. The van der Waals surface area contributed by atoms with Crippen LogP contribution in [-0.4, -0.2) is 23.3 Å². The summed E-state index contributed by atoms with van der Waals surface area (Å²) in [4.78, 5) is 14.2. The summed E-state index contributed by atoms with van der Waals surface area (Å²) in [6, 6.07) is 21.1. The van der Waals surface area contributed by atoms with Crippen molar-refractivity contribution in [3.8, 4) is 0 Å². The highest BCUT2D eigenvalue weighted by molar-refractivity contribution is 7.76. The van der Waals surface area contributed by atoms with Crippen LogP contribution in [0.25, 0.3) is 0 Å². The molecule has 3 nitrogen and oxygen atoms in total. The number of carbonyl (C=O) groups is 1. The van der Waals surface area contributed by atoms with Gasteiger partial charge in [-0.3, -0.25) is 4.79 Å². The van der Waals surface area contributed by atoms with Crippen molar-refractivity contribution in [3.63, 3.8) is 0 Å². The van der Waals surface area contributed by atoms with Gasteiger partial charge in [0.2, 0.25) is 0 Å². The van der Waals surface area contributed by atoms with Gasteiger partial charge in [0.1, 0.15) is 12.0 Å². The normalized spacial score (nSPS) is 28.0. The van der Waals surface area contributed by atoms with E-state index in [1.165, 1.54) is 80.4 Å². The third-order valence-corrected chi connectivity index (χ3v) is 12.3. The molecule has 42 heavy (non-hydrogen) atoms. The van der Waals surface area contributed by atoms with E-state index in [0.29, 0.717) is 24.2 Å². The number of hydrogen-bond donors (Lipinski definition) is 1. The van der Waals surface area contributed by atoms with Gasteiger partial charge >= 0.3 is 5.97 Å². The van der Waals surface area contributed by atoms with Crippen molar-refractivity contribution in [1.82, 2.24) is 0 Å². The van der Waals surface area contributed by atoms with Crippen LogP contribution in [0.3, 0.4) is 0 Å². The number of aliphatic hydroxyl groups excluding tert-OH is 1. The molecule has 0 aliphatic heterocycles. The Bertz CT molecular complexity index is 1110. The van der Waals surface area contributed by atoms with E-state index in [1.807, 2.05) is 25.0 Å². The molecule has 4 aliphatic carbocycles. The predicted octanol–water partition coefficient (Wildman–Crippen LogP) is 8.01. The molecule has 4 saturated carbocycles. The molecule has 0 heterocycles. The zero-order chi connectivity index (χ0) is 28.7. The molecule has 0 bridgehead atoms. The molecule has 0 saturated heterocycles. The van der Waals surface area contributed by atoms with E-state index in [9.17, 15) is 9.90 Å². The van der Waals surface area contributed by atoms with Crippen LogP contribution in [0.1, 0.15) is 83.5 Å². The van der Waals surface area contributed by atoms with Gasteiger partial charge in [0, 0.05) is 11.6 Å². The van der Waals surface area contributed by atoms with E-state index < -0.39 is 7.92 Å². The highest BCUT2D eigenvalue weighted by atomic mass is 31.1. The van der Waals surface area contributed by atoms with Crippen LogP contribution in [0.2, 0.25) is 0 Å². The molecule has 1 N–H and O–H groups in total. The molecule has 5 radical (unpaired) electrons. The van der Waals surface area contributed by atoms with Crippen LogP contribution in [0.15, 0.2) is 72.3 Å². The summed E-state index contributed by atoms with van der Waals surface area (Å²) >= 11 is 0. The molecule has 2 aromatic carbocycles. The Morgan fingerprint density at radius 3 is 2.10 bits per heavy atom. The molecule has 6 rings (SSSR count). The molecule has 2 aromatic rings. The number of aliphatic hydroxyl groups is 1. The standard InChI is InChI=1S/C38H46O3P/c39-32-26-30(24-28-14-5-1-6-15-28)37(31(27-32)25-29-16-7-2-8-17-29)41-38(40)35-22-13-23-36(35)42(33-18-9-3-10-19-33)34-20-11-4-12-21-34/h3-4,9-13,18-24,28-29,31-32,37,39H,1-2,5-8,14-17,25-27H2/b30-24+/t31-,32+,37-/m0/s1. The minimum absolute atomic E-state index is 0.179. The number of ether oxygens (including phenoxy) is 1. The molecule has 0 unspecified atom stereocenters. The average molecular weight is 582 g/mol. The molecule has 4 fully saturated rings. The Kier molecular flexibility index (Phi) is 10.5. The van der Waals surface area contributed by atoms with Gasteiger partial charge in [-0.2, -0.15) is 0 Å². The summed E-state index contributed by atoms with van der Waals surface area (Å²) in [5, 5.41) is 13.5. The van der Waals surface area contributed by atoms with Crippen molar-refractivity contribution in [1.29, 1.82) is 0 Å². The van der Waals surface area contributed by atoms with Gasteiger partial charge in [-0.25, -0.2) is 0 Å². The van der Waals surface area contributed by atoms with Crippen molar-refractivity contribution in [3.05, 3.63) is 103 Å². The fraction of sp³-hybridized carbons (Fsp3) is 0.474. The summed E-state index contributed by atoms with van der Waals surface area (Å²) in [6.07, 6.45) is 23.0. The van der Waals surface area contributed by atoms with E-state index in [4.69, 9.17) is 4.74 Å². The maximum absolute atomic E-state index is 14.2. The van der Waals surface area contributed by atoms with Gasteiger partial charge in [-0.1, -0.05) is 118 Å². The monoisotopic (exact) mass is 581 g/mol. The zero-order valence-corrected chi connectivity index (χ0v) is 25.8. The van der Waals surface area contributed by atoms with Gasteiger partial charge in [-0.15, -0.1) is 0 Å². The van der Waals surface area contributed by atoms with Crippen LogP contribution in [0.4, 0.5) is 0 Å². The third kappa shape index (κ3) is 7.39. The molecule has 0 amide bonds. The van der Waals surface area contributed by atoms with Gasteiger partial charge in [0.05, 0.1) is 6.10 Å². The lowest BCUT2D eigenvalue weighted by molar-refractivity contribution is -0.149.